The van der Waals surface area contributed by atoms with E-state index in [4.69, 9.17) is 10.2 Å². The Kier molecular flexibility index (Phi) is 7.55. The molecule has 1 aliphatic carbocycles. The highest BCUT2D eigenvalue weighted by atomic mass is 32.2. The monoisotopic (exact) mass is 663 g/mol. The van der Waals surface area contributed by atoms with Gasteiger partial charge in [-0.3, -0.25) is 4.79 Å². The van der Waals surface area contributed by atoms with Crippen LogP contribution in [0.1, 0.15) is 30.9 Å². The van der Waals surface area contributed by atoms with Crippen LogP contribution in [0.3, 0.4) is 0 Å². The predicted molar refractivity (Wildman–Crippen MR) is 201 cm³/mol. The average Bonchev–Trinajstić information content (AvgIpc) is 3.78. The number of thioether (sulfide) groups is 1. The molecule has 0 saturated heterocycles. The molecule has 0 aromatic heterocycles. The zero-order chi connectivity index (χ0) is 33.1. The molecule has 5 aliphatic rings. The van der Waals surface area contributed by atoms with Crippen LogP contribution in [-0.4, -0.2) is 37.3 Å². The van der Waals surface area contributed by atoms with Gasteiger partial charge in [-0.25, -0.2) is 0 Å². The van der Waals surface area contributed by atoms with E-state index in [1.54, 1.807) is 0 Å². The van der Waals surface area contributed by atoms with Crippen LogP contribution in [0.15, 0.2) is 112 Å². The Bertz CT molecular complexity index is 2310. The van der Waals surface area contributed by atoms with E-state index in [1.165, 1.54) is 22.5 Å². The number of hydrogen-bond acceptors (Lipinski definition) is 5. The summed E-state index contributed by atoms with van der Waals surface area (Å²) in [4.78, 5) is 18.4. The number of benzene rings is 5. The zero-order valence-electron chi connectivity index (χ0n) is 27.7. The fourth-order valence-corrected chi connectivity index (χ4v) is 9.48. The van der Waals surface area contributed by atoms with E-state index in [2.05, 4.69) is 120 Å². The van der Waals surface area contributed by atoms with Crippen molar-refractivity contribution >= 4 is 51.4 Å². The van der Waals surface area contributed by atoms with Crippen molar-refractivity contribution in [1.82, 2.24) is 4.58 Å². The molecule has 6 nitrogen and oxygen atoms in total. The molecule has 2 N–H and O–H groups in total. The summed E-state index contributed by atoms with van der Waals surface area (Å²) in [6.07, 6.45) is 4.18. The molecule has 0 bridgehead atoms. The van der Waals surface area contributed by atoms with Gasteiger partial charge in [0.15, 0.2) is 6.54 Å². The zero-order valence-corrected chi connectivity index (χ0v) is 28.5. The molecule has 0 radical (unpaired) electrons. The summed E-state index contributed by atoms with van der Waals surface area (Å²) < 4.78 is 9.29. The van der Waals surface area contributed by atoms with Gasteiger partial charge in [0.1, 0.15) is 11.3 Å². The van der Waals surface area contributed by atoms with Crippen molar-refractivity contribution in [3.8, 4) is 22.5 Å². The Balaban J connectivity index is 1.25. The van der Waals surface area contributed by atoms with Gasteiger partial charge in [0.05, 0.1) is 18.3 Å². The first-order valence-electron chi connectivity index (χ1n) is 17.5. The van der Waals surface area contributed by atoms with Gasteiger partial charge < -0.3 is 20.0 Å². The molecule has 9 rings (SSSR count). The van der Waals surface area contributed by atoms with E-state index < -0.39 is 0 Å². The second kappa shape index (κ2) is 12.2. The third kappa shape index (κ3) is 5.15. The Morgan fingerprint density at radius 2 is 1.78 bits per heavy atom. The van der Waals surface area contributed by atoms with Crippen LogP contribution in [0.5, 0.6) is 0 Å². The number of hydrogen-bond donors (Lipinski definition) is 1. The minimum absolute atomic E-state index is 0.00776. The fraction of sp³-hybridized carbons (Fsp3) is 0.238. The molecule has 49 heavy (non-hydrogen) atoms. The molecule has 0 saturated carbocycles. The number of fused-ring (bicyclic) bond motifs is 5. The lowest BCUT2D eigenvalue weighted by atomic mass is 9.93. The Labute approximate surface area is 290 Å². The van der Waals surface area contributed by atoms with Gasteiger partial charge in [-0.15, -0.1) is 11.8 Å². The molecular weight excluding hydrogens is 625 g/mol. The van der Waals surface area contributed by atoms with Crippen LogP contribution in [0.25, 0.3) is 33.4 Å². The Morgan fingerprint density at radius 3 is 2.65 bits per heavy atom. The summed E-state index contributed by atoms with van der Waals surface area (Å²) in [6.45, 7) is 4.80. The number of nitrogens with two attached hydrogens (primary N) is 1. The number of rotatable bonds is 5. The van der Waals surface area contributed by atoms with Crippen LogP contribution < -0.4 is 25.5 Å². The Morgan fingerprint density at radius 1 is 0.918 bits per heavy atom. The third-order valence-corrected chi connectivity index (χ3v) is 11.7. The summed E-state index contributed by atoms with van der Waals surface area (Å²) in [5, 5.41) is 2.54. The minimum Gasteiger partial charge on any atom is -0.456 e. The molecule has 0 fully saturated rings. The Hall–Kier alpha value is -4.85. The van der Waals surface area contributed by atoms with Crippen molar-refractivity contribution in [3.63, 3.8) is 0 Å². The summed E-state index contributed by atoms with van der Waals surface area (Å²) in [5.41, 5.74) is 17.5. The van der Waals surface area contributed by atoms with Gasteiger partial charge in [0.25, 0.3) is 0 Å². The highest BCUT2D eigenvalue weighted by Crippen LogP contribution is 2.47. The van der Waals surface area contributed by atoms with Gasteiger partial charge in [-0.05, 0) is 60.4 Å². The molecule has 4 aromatic carbocycles. The van der Waals surface area contributed by atoms with E-state index >= 15 is 0 Å². The van der Waals surface area contributed by atoms with E-state index in [0.717, 1.165) is 93.8 Å². The standard InChI is InChI=1S/C42H39N4O2S/c1-2-7-32-26-46(41(47)25-43)37-17-12-29(22-40(37)49-32)42-33-15-13-30(44-20-18-27-8-3-5-10-35(27)44)23-38(33)48-39-24-31(14-16-34(39)42)45-21-19-28-9-4-6-11-36(28)45/h3-6,8-17,22-24,32H,2,7,18-21,25-26,43H2,1H3/q+1. The van der Waals surface area contributed by atoms with E-state index in [0.29, 0.717) is 11.8 Å². The maximum Gasteiger partial charge on any atom is 0.240 e. The van der Waals surface area contributed by atoms with Gasteiger partial charge in [-0.2, -0.15) is 4.58 Å². The second-order valence-electron chi connectivity index (χ2n) is 13.3. The van der Waals surface area contributed by atoms with Crippen molar-refractivity contribution in [2.24, 2.45) is 5.73 Å². The number of nitrogens with zero attached hydrogens (tertiary/aromatic N) is 3. The molecule has 4 aliphatic heterocycles. The smallest absolute Gasteiger partial charge is 0.240 e. The fourth-order valence-electron chi connectivity index (χ4n) is 8.05. The first kappa shape index (κ1) is 30.2. The number of amides is 1. The van der Waals surface area contributed by atoms with Crippen molar-refractivity contribution < 1.29 is 9.21 Å². The average molecular weight is 664 g/mol. The molecular formula is C42H39N4O2S+. The molecule has 0 spiro atoms. The summed E-state index contributed by atoms with van der Waals surface area (Å²) in [7, 11) is 0. The highest BCUT2D eigenvalue weighted by Gasteiger charge is 2.30. The number of anilines is 3. The topological polar surface area (TPSA) is 65.7 Å². The SMILES string of the molecule is CCCC1CN(C(=O)CN)c2ccc(-c3c4cc/c(=[N+]5/CCc6ccccc65)cc-4oc4cc(N5CCc6ccccc65)ccc34)cc2S1. The summed E-state index contributed by atoms with van der Waals surface area (Å²) >= 11 is 1.89. The van der Waals surface area contributed by atoms with Crippen molar-refractivity contribution in [3.05, 3.63) is 120 Å². The lowest BCUT2D eigenvalue weighted by Gasteiger charge is -2.34. The van der Waals surface area contributed by atoms with Crippen LogP contribution in [0, 0.1) is 0 Å². The van der Waals surface area contributed by atoms with E-state index in [9.17, 15) is 4.79 Å². The van der Waals surface area contributed by atoms with Crippen molar-refractivity contribution in [1.29, 1.82) is 0 Å². The molecule has 244 valence electrons. The van der Waals surface area contributed by atoms with E-state index in [-0.39, 0.29) is 12.5 Å². The van der Waals surface area contributed by atoms with E-state index in [1.807, 2.05) is 16.7 Å². The molecule has 1 unspecified atom stereocenters. The van der Waals surface area contributed by atoms with Crippen molar-refractivity contribution in [2.75, 3.05) is 36.0 Å². The molecule has 1 atom stereocenters. The number of para-hydroxylation sites is 2. The number of carbonyl (C=O) groups is 1. The van der Waals surface area contributed by atoms with Gasteiger partial charge >= 0.3 is 0 Å². The molecule has 1 amide bonds. The number of carbonyl (C=O) groups excluding carboxylic acids is 1. The first-order valence-corrected chi connectivity index (χ1v) is 18.3. The first-order chi connectivity index (χ1) is 24.1. The lowest BCUT2D eigenvalue weighted by Crippen LogP contribution is -2.42. The second-order valence-corrected chi connectivity index (χ2v) is 14.7. The minimum atomic E-state index is -0.0307. The maximum atomic E-state index is 13.0. The maximum absolute atomic E-state index is 13.0. The van der Waals surface area contributed by atoms with Crippen LogP contribution in [0.4, 0.5) is 22.7 Å². The lowest BCUT2D eigenvalue weighted by molar-refractivity contribution is -0.117. The molecule has 7 heteroatoms. The van der Waals surface area contributed by atoms with Crippen molar-refractivity contribution in [2.45, 2.75) is 42.8 Å². The molecule has 4 aromatic rings. The van der Waals surface area contributed by atoms with Gasteiger partial charge in [0.2, 0.25) is 17.0 Å². The molecule has 4 heterocycles. The van der Waals surface area contributed by atoms with Gasteiger partial charge in [0, 0.05) is 81.3 Å². The summed E-state index contributed by atoms with van der Waals surface area (Å²) in [5.74, 6) is 0.828. The van der Waals surface area contributed by atoms with Crippen LogP contribution in [-0.2, 0) is 17.6 Å². The van der Waals surface area contributed by atoms with Crippen LogP contribution >= 0.6 is 11.8 Å². The summed E-state index contributed by atoms with van der Waals surface area (Å²) in [6, 6.07) is 37.3. The predicted octanol–water partition coefficient (Wildman–Crippen LogP) is 8.12. The third-order valence-electron chi connectivity index (χ3n) is 10.4. The van der Waals surface area contributed by atoms with Crippen LogP contribution in [0.2, 0.25) is 0 Å². The van der Waals surface area contributed by atoms with Gasteiger partial charge in [-0.1, -0.05) is 55.8 Å². The largest absolute Gasteiger partial charge is 0.456 e. The highest BCUT2D eigenvalue weighted by molar-refractivity contribution is 8.00. The normalized spacial score (nSPS) is 17.8. The quantitative estimate of drug-likeness (QED) is 0.149.